The Morgan fingerprint density at radius 2 is 0.764 bits per heavy atom. The zero-order valence-corrected chi connectivity index (χ0v) is 29.5. The molecule has 55 heavy (non-hydrogen) atoms. The Hall–Kier alpha value is -7.11. The van der Waals surface area contributed by atoms with E-state index in [-0.39, 0.29) is 16.6 Å². The van der Waals surface area contributed by atoms with Crippen molar-refractivity contribution >= 4 is 70.2 Å². The predicted octanol–water partition coefficient (Wildman–Crippen LogP) is 9.59. The number of aromatic nitrogens is 2. The van der Waals surface area contributed by atoms with E-state index in [1.54, 1.807) is 4.57 Å². The third-order valence-electron chi connectivity index (χ3n) is 10.8. The highest BCUT2D eigenvalue weighted by Crippen LogP contribution is 2.43. The largest absolute Gasteiger partial charge is 0.506 e. The summed E-state index contributed by atoms with van der Waals surface area (Å²) in [6.45, 7) is 0. The van der Waals surface area contributed by atoms with Crippen LogP contribution in [0.5, 0.6) is 17.2 Å². The van der Waals surface area contributed by atoms with Crippen molar-refractivity contribution in [1.82, 2.24) is 9.13 Å². The molecule has 0 amide bonds. The van der Waals surface area contributed by atoms with Crippen LogP contribution in [-0.4, -0.2) is 40.1 Å². The minimum atomic E-state index is -0.580. The Morgan fingerprint density at radius 1 is 0.327 bits per heavy atom. The number of para-hydroxylation sites is 2. The SMILES string of the molecule is [B]c1c([B])c(O)c(-n2c3ccccc3c3cc(-c4ccc5c(c4)c4ccccc4n5-c4cc(-c5ccccc5)cc(-c5ccccc5)c4)ccc32)c(O)c1O. The lowest BCUT2D eigenvalue weighted by Gasteiger charge is -2.17. The molecule has 2 heterocycles. The van der Waals surface area contributed by atoms with E-state index in [0.29, 0.717) is 5.52 Å². The van der Waals surface area contributed by atoms with Gasteiger partial charge in [-0.1, -0.05) is 120 Å². The van der Waals surface area contributed by atoms with Crippen LogP contribution in [0.4, 0.5) is 0 Å². The highest BCUT2D eigenvalue weighted by Gasteiger charge is 2.24. The van der Waals surface area contributed by atoms with Crippen molar-refractivity contribution in [3.05, 3.63) is 164 Å². The van der Waals surface area contributed by atoms with Crippen molar-refractivity contribution in [3.63, 3.8) is 0 Å². The second-order valence-corrected chi connectivity index (χ2v) is 13.9. The summed E-state index contributed by atoms with van der Waals surface area (Å²) in [5.41, 5.74) is 10.8. The van der Waals surface area contributed by atoms with E-state index in [1.807, 2.05) is 48.5 Å². The van der Waals surface area contributed by atoms with Gasteiger partial charge in [-0.2, -0.15) is 0 Å². The number of aromatic hydroxyl groups is 3. The number of nitrogens with zero attached hydrogens (tertiary/aromatic N) is 2. The first-order valence-electron chi connectivity index (χ1n) is 18.0. The van der Waals surface area contributed by atoms with Crippen molar-refractivity contribution in [2.45, 2.75) is 0 Å². The number of hydrogen-bond donors (Lipinski definition) is 3. The van der Waals surface area contributed by atoms with Gasteiger partial charge in [0.25, 0.3) is 0 Å². The molecule has 0 bridgehead atoms. The van der Waals surface area contributed by atoms with E-state index in [0.717, 1.165) is 77.2 Å². The molecule has 256 valence electrons. The quantitative estimate of drug-likeness (QED) is 0.0950. The van der Waals surface area contributed by atoms with Crippen LogP contribution in [0.3, 0.4) is 0 Å². The van der Waals surface area contributed by atoms with Crippen LogP contribution in [0.15, 0.2) is 164 Å². The molecule has 0 saturated heterocycles. The van der Waals surface area contributed by atoms with Crippen LogP contribution in [-0.2, 0) is 0 Å². The van der Waals surface area contributed by atoms with Gasteiger partial charge in [-0.3, -0.25) is 0 Å². The summed E-state index contributed by atoms with van der Waals surface area (Å²) in [5.74, 6) is -1.54. The number of rotatable bonds is 5. The third kappa shape index (κ3) is 5.04. The first-order valence-corrected chi connectivity index (χ1v) is 18.0. The maximum absolute atomic E-state index is 11.1. The molecular formula is C48H30B2N2O3. The van der Waals surface area contributed by atoms with Crippen LogP contribution in [0.2, 0.25) is 0 Å². The number of fused-ring (bicyclic) bond motifs is 6. The molecule has 0 aliphatic heterocycles. The fourth-order valence-corrected chi connectivity index (χ4v) is 8.11. The molecule has 7 heteroatoms. The summed E-state index contributed by atoms with van der Waals surface area (Å²) in [4.78, 5) is 0. The van der Waals surface area contributed by atoms with Gasteiger partial charge >= 0.3 is 0 Å². The average Bonchev–Trinajstić information content (AvgIpc) is 3.75. The molecule has 0 saturated carbocycles. The van der Waals surface area contributed by atoms with Crippen LogP contribution in [0.1, 0.15) is 0 Å². The Bertz CT molecular complexity index is 3060. The molecule has 10 aromatic rings. The molecule has 0 aliphatic rings. The number of phenols is 3. The van der Waals surface area contributed by atoms with Crippen molar-refractivity contribution < 1.29 is 15.3 Å². The van der Waals surface area contributed by atoms with E-state index >= 15 is 0 Å². The van der Waals surface area contributed by atoms with Gasteiger partial charge in [-0.15, -0.1) is 0 Å². The molecule has 10 rings (SSSR count). The lowest BCUT2D eigenvalue weighted by Crippen LogP contribution is -2.27. The van der Waals surface area contributed by atoms with E-state index in [4.69, 9.17) is 15.7 Å². The Labute approximate surface area is 319 Å². The average molecular weight is 704 g/mol. The molecule has 5 nitrogen and oxygen atoms in total. The van der Waals surface area contributed by atoms with E-state index < -0.39 is 17.2 Å². The van der Waals surface area contributed by atoms with E-state index in [1.165, 1.54) is 0 Å². The Balaban J connectivity index is 1.17. The molecule has 8 aromatic carbocycles. The van der Waals surface area contributed by atoms with Gasteiger partial charge in [-0.05, 0) is 88.0 Å². The molecule has 0 atom stereocenters. The van der Waals surface area contributed by atoms with Gasteiger partial charge in [-0.25, -0.2) is 0 Å². The second kappa shape index (κ2) is 12.5. The summed E-state index contributed by atoms with van der Waals surface area (Å²) in [6, 6.07) is 56.8. The molecule has 0 fully saturated rings. The van der Waals surface area contributed by atoms with Crippen LogP contribution in [0.25, 0.3) is 88.4 Å². The normalized spacial score (nSPS) is 11.6. The standard InChI is InChI=1S/C48H30B2N2O3/c49-43-44(50)47(54)48(55)45(46(43)53)52-40-18-10-8-16-36(40)38-27-31(20-22-42(38)52)30-19-21-41-37(26-30)35-15-7-9-17-39(35)51(41)34-24-32(28-11-3-1-4-12-28)23-33(25-34)29-13-5-2-6-14-29/h1-27,53-55H. The molecule has 4 radical (unpaired) electrons. The van der Waals surface area contributed by atoms with Crippen LogP contribution >= 0.6 is 0 Å². The first-order chi connectivity index (χ1) is 26.9. The molecule has 0 unspecified atom stereocenters. The molecule has 3 N–H and O–H groups in total. The third-order valence-corrected chi connectivity index (χ3v) is 10.8. The van der Waals surface area contributed by atoms with E-state index in [2.05, 4.69) is 120 Å². The lowest BCUT2D eigenvalue weighted by molar-refractivity contribution is 0.399. The predicted molar refractivity (Wildman–Crippen MR) is 227 cm³/mol. The molecule has 0 spiro atoms. The van der Waals surface area contributed by atoms with E-state index in [9.17, 15) is 15.3 Å². The smallest absolute Gasteiger partial charge is 0.185 e. The van der Waals surface area contributed by atoms with Crippen LogP contribution < -0.4 is 10.9 Å². The van der Waals surface area contributed by atoms with Gasteiger partial charge in [0.1, 0.15) is 27.1 Å². The maximum Gasteiger partial charge on any atom is 0.185 e. The fraction of sp³-hybridized carbons (Fsp3) is 0. The molecule has 0 aliphatic carbocycles. The molecule has 2 aromatic heterocycles. The van der Waals surface area contributed by atoms with Gasteiger partial charge < -0.3 is 24.5 Å². The second-order valence-electron chi connectivity index (χ2n) is 13.9. The van der Waals surface area contributed by atoms with Crippen molar-refractivity contribution in [2.75, 3.05) is 0 Å². The first kappa shape index (κ1) is 32.5. The Morgan fingerprint density at radius 3 is 1.31 bits per heavy atom. The van der Waals surface area contributed by atoms with Crippen molar-refractivity contribution in [3.8, 4) is 62.0 Å². The minimum absolute atomic E-state index is 0.0378. The summed E-state index contributed by atoms with van der Waals surface area (Å²) in [6.07, 6.45) is 0. The monoisotopic (exact) mass is 704 g/mol. The summed E-state index contributed by atoms with van der Waals surface area (Å²) in [5, 5.41) is 36.9. The highest BCUT2D eigenvalue weighted by molar-refractivity contribution is 6.51. The minimum Gasteiger partial charge on any atom is -0.506 e. The summed E-state index contributed by atoms with van der Waals surface area (Å²) in [7, 11) is 12.0. The zero-order chi connectivity index (χ0) is 37.4. The lowest BCUT2D eigenvalue weighted by atomic mass is 9.78. The van der Waals surface area contributed by atoms with Gasteiger partial charge in [0.05, 0.1) is 22.1 Å². The van der Waals surface area contributed by atoms with Gasteiger partial charge in [0, 0.05) is 27.2 Å². The molecular weight excluding hydrogens is 674 g/mol. The van der Waals surface area contributed by atoms with Crippen molar-refractivity contribution in [2.24, 2.45) is 0 Å². The number of hydrogen-bond acceptors (Lipinski definition) is 3. The topological polar surface area (TPSA) is 70.5 Å². The zero-order valence-electron chi connectivity index (χ0n) is 29.5. The highest BCUT2D eigenvalue weighted by atomic mass is 16.3. The van der Waals surface area contributed by atoms with Gasteiger partial charge in [0.2, 0.25) is 0 Å². The van der Waals surface area contributed by atoms with Crippen LogP contribution in [0, 0.1) is 0 Å². The van der Waals surface area contributed by atoms with Gasteiger partial charge in [0.15, 0.2) is 11.5 Å². The maximum atomic E-state index is 11.1. The van der Waals surface area contributed by atoms with Crippen molar-refractivity contribution in [1.29, 1.82) is 0 Å². The number of benzene rings is 8. The summed E-state index contributed by atoms with van der Waals surface area (Å²) < 4.78 is 4.07. The number of phenolic OH excluding ortho intramolecular Hbond substituents is 3. The summed E-state index contributed by atoms with van der Waals surface area (Å²) >= 11 is 0. The Kier molecular flexibility index (Phi) is 7.39. The fourth-order valence-electron chi connectivity index (χ4n) is 8.11.